The molecule has 0 radical (unpaired) electrons. The first-order valence-electron chi connectivity index (χ1n) is 5.00. The molecule has 0 amide bonds. The van der Waals surface area contributed by atoms with Crippen LogP contribution in [-0.2, 0) is 21.8 Å². The van der Waals surface area contributed by atoms with Gasteiger partial charge in [-0.25, -0.2) is 8.78 Å². The molecule has 0 saturated carbocycles. The molecule has 0 fully saturated rings. The van der Waals surface area contributed by atoms with Crippen molar-refractivity contribution >= 4 is 17.6 Å². The Labute approximate surface area is 108 Å². The number of halogens is 3. The number of nitrogens with zero attached hydrogens (tertiary/aromatic N) is 1. The van der Waals surface area contributed by atoms with Gasteiger partial charge in [-0.2, -0.15) is 5.26 Å². The topological polar surface area (TPSA) is 50.1 Å². The Morgan fingerprint density at radius 3 is 2.56 bits per heavy atom. The molecule has 1 aromatic carbocycles. The summed E-state index contributed by atoms with van der Waals surface area (Å²) in [5, 5.41) is 9.00. The fourth-order valence-electron chi connectivity index (χ4n) is 1.54. The lowest BCUT2D eigenvalue weighted by Crippen LogP contribution is -2.08. The molecule has 0 bridgehead atoms. The van der Waals surface area contributed by atoms with Crippen molar-refractivity contribution in [3.8, 4) is 6.07 Å². The van der Waals surface area contributed by atoms with Gasteiger partial charge in [0, 0.05) is 11.4 Å². The predicted octanol–water partition coefficient (Wildman–Crippen LogP) is 2.95. The van der Waals surface area contributed by atoms with Gasteiger partial charge in [-0.15, -0.1) is 11.6 Å². The van der Waals surface area contributed by atoms with Crippen molar-refractivity contribution in [3.63, 3.8) is 0 Å². The zero-order chi connectivity index (χ0) is 13.7. The molecule has 0 aliphatic rings. The van der Waals surface area contributed by atoms with Crippen LogP contribution >= 0.6 is 11.6 Å². The quantitative estimate of drug-likeness (QED) is 0.626. The highest BCUT2D eigenvalue weighted by Gasteiger charge is 2.17. The molecule has 0 aliphatic carbocycles. The number of nitriles is 1. The summed E-state index contributed by atoms with van der Waals surface area (Å²) < 4.78 is 29.8. The number of hydrogen-bond donors (Lipinski definition) is 0. The van der Waals surface area contributed by atoms with E-state index in [4.69, 9.17) is 16.9 Å². The van der Waals surface area contributed by atoms with Crippen LogP contribution in [0.25, 0.3) is 0 Å². The van der Waals surface area contributed by atoms with Crippen LogP contribution in [0.5, 0.6) is 0 Å². The number of ether oxygens (including phenoxy) is 1. The minimum absolute atomic E-state index is 0.0718. The van der Waals surface area contributed by atoms with E-state index in [2.05, 4.69) is 4.74 Å². The van der Waals surface area contributed by atoms with E-state index in [1.54, 1.807) is 0 Å². The zero-order valence-corrected chi connectivity index (χ0v) is 10.3. The Kier molecular flexibility index (Phi) is 5.05. The molecule has 1 rings (SSSR count). The smallest absolute Gasteiger partial charge is 0.310 e. The number of methoxy groups -OCH3 is 1. The third-order valence-electron chi connectivity index (χ3n) is 2.39. The maximum atomic E-state index is 12.7. The van der Waals surface area contributed by atoms with Gasteiger partial charge in [-0.1, -0.05) is 0 Å². The molecule has 1 aromatic rings. The van der Waals surface area contributed by atoms with Crippen LogP contribution in [0.1, 0.15) is 28.7 Å². The Morgan fingerprint density at radius 1 is 1.50 bits per heavy atom. The maximum absolute atomic E-state index is 12.7. The molecule has 0 spiro atoms. The van der Waals surface area contributed by atoms with Gasteiger partial charge in [0.15, 0.2) is 0 Å². The van der Waals surface area contributed by atoms with Crippen LogP contribution < -0.4 is 0 Å². The van der Waals surface area contributed by atoms with E-state index in [0.29, 0.717) is 0 Å². The molecule has 96 valence electrons. The first kappa shape index (κ1) is 14.4. The van der Waals surface area contributed by atoms with Gasteiger partial charge in [0.05, 0.1) is 25.2 Å². The lowest BCUT2D eigenvalue weighted by molar-refractivity contribution is -0.139. The van der Waals surface area contributed by atoms with Crippen molar-refractivity contribution in [2.45, 2.75) is 18.7 Å². The molecular weight excluding hydrogens is 264 g/mol. The van der Waals surface area contributed by atoms with E-state index in [0.717, 1.165) is 6.07 Å². The van der Waals surface area contributed by atoms with Crippen molar-refractivity contribution in [2.75, 3.05) is 7.11 Å². The van der Waals surface area contributed by atoms with E-state index in [-0.39, 0.29) is 34.6 Å². The van der Waals surface area contributed by atoms with Gasteiger partial charge in [0.1, 0.15) is 0 Å². The highest BCUT2D eigenvalue weighted by molar-refractivity contribution is 6.17. The summed E-state index contributed by atoms with van der Waals surface area (Å²) in [7, 11) is 1.19. The molecule has 0 aromatic heterocycles. The van der Waals surface area contributed by atoms with Gasteiger partial charge in [-0.3, -0.25) is 4.79 Å². The van der Waals surface area contributed by atoms with Crippen molar-refractivity contribution in [2.24, 2.45) is 0 Å². The number of carbonyl (C=O) groups is 1. The van der Waals surface area contributed by atoms with Crippen molar-refractivity contribution in [1.29, 1.82) is 5.26 Å². The second-order valence-corrected chi connectivity index (χ2v) is 3.78. The van der Waals surface area contributed by atoms with E-state index in [1.165, 1.54) is 13.2 Å². The van der Waals surface area contributed by atoms with Crippen LogP contribution in [0.15, 0.2) is 12.1 Å². The molecule has 0 N–H and O–H groups in total. The molecule has 0 aliphatic heterocycles. The normalized spacial score (nSPS) is 10.2. The van der Waals surface area contributed by atoms with Gasteiger partial charge in [0.2, 0.25) is 0 Å². The number of esters is 1. The van der Waals surface area contributed by atoms with Gasteiger partial charge >= 0.3 is 5.97 Å². The van der Waals surface area contributed by atoms with Crippen molar-refractivity contribution in [1.82, 2.24) is 0 Å². The summed E-state index contributed by atoms with van der Waals surface area (Å²) in [5.74, 6) is -0.670. The second-order valence-electron chi connectivity index (χ2n) is 3.51. The molecule has 3 nitrogen and oxygen atoms in total. The van der Waals surface area contributed by atoms with Gasteiger partial charge < -0.3 is 4.74 Å². The zero-order valence-electron chi connectivity index (χ0n) is 9.54. The maximum Gasteiger partial charge on any atom is 0.310 e. The lowest BCUT2D eigenvalue weighted by Gasteiger charge is -2.10. The Morgan fingerprint density at radius 2 is 2.11 bits per heavy atom. The SMILES string of the molecule is COC(=O)Cc1cc(C(F)F)cc(CCl)c1C#N. The average molecular weight is 274 g/mol. The summed E-state index contributed by atoms with van der Waals surface area (Å²) in [6.45, 7) is 0. The second kappa shape index (κ2) is 6.31. The van der Waals surface area contributed by atoms with Gasteiger partial charge in [-0.05, 0) is 23.3 Å². The van der Waals surface area contributed by atoms with Crippen molar-refractivity contribution < 1.29 is 18.3 Å². The third-order valence-corrected chi connectivity index (χ3v) is 2.68. The predicted molar refractivity (Wildman–Crippen MR) is 61.4 cm³/mol. The standard InChI is InChI=1S/C12H10ClF2NO2/c1-18-11(17)4-7-2-8(12(14)15)3-9(5-13)10(7)6-16/h2-3,12H,4-5H2,1H3. The highest BCUT2D eigenvalue weighted by Crippen LogP contribution is 2.26. The minimum atomic E-state index is -2.68. The van der Waals surface area contributed by atoms with E-state index in [1.807, 2.05) is 6.07 Å². The fourth-order valence-corrected chi connectivity index (χ4v) is 1.75. The summed E-state index contributed by atoms with van der Waals surface area (Å²) in [5.41, 5.74) is 0.386. The molecule has 0 unspecified atom stereocenters. The molecule has 18 heavy (non-hydrogen) atoms. The third kappa shape index (κ3) is 3.17. The monoisotopic (exact) mass is 273 g/mol. The Hall–Kier alpha value is -1.67. The molecule has 0 atom stereocenters. The van der Waals surface area contributed by atoms with Crippen LogP contribution in [0.2, 0.25) is 0 Å². The Balaban J connectivity index is 3.32. The van der Waals surface area contributed by atoms with Crippen LogP contribution in [0.3, 0.4) is 0 Å². The number of hydrogen-bond acceptors (Lipinski definition) is 3. The molecule has 0 saturated heterocycles. The first-order valence-corrected chi connectivity index (χ1v) is 5.53. The minimum Gasteiger partial charge on any atom is -0.469 e. The fraction of sp³-hybridized carbons (Fsp3) is 0.333. The molecule has 0 heterocycles. The van der Waals surface area contributed by atoms with Crippen LogP contribution in [0, 0.1) is 11.3 Å². The highest BCUT2D eigenvalue weighted by atomic mass is 35.5. The van der Waals surface area contributed by atoms with Crippen LogP contribution in [-0.4, -0.2) is 13.1 Å². The Bertz CT molecular complexity index is 498. The van der Waals surface area contributed by atoms with E-state index >= 15 is 0 Å². The summed E-state index contributed by atoms with van der Waals surface area (Å²) >= 11 is 5.62. The van der Waals surface area contributed by atoms with Crippen LogP contribution in [0.4, 0.5) is 8.78 Å². The van der Waals surface area contributed by atoms with E-state index in [9.17, 15) is 13.6 Å². The summed E-state index contributed by atoms with van der Waals surface area (Å²) in [6, 6.07) is 4.19. The lowest BCUT2D eigenvalue weighted by atomic mass is 9.97. The largest absolute Gasteiger partial charge is 0.469 e. The number of carbonyl (C=O) groups excluding carboxylic acids is 1. The average Bonchev–Trinajstić information content (AvgIpc) is 2.37. The number of alkyl halides is 3. The van der Waals surface area contributed by atoms with Crippen molar-refractivity contribution in [3.05, 3.63) is 34.4 Å². The number of rotatable bonds is 4. The molecular formula is C12H10ClF2NO2. The van der Waals surface area contributed by atoms with E-state index < -0.39 is 12.4 Å². The summed E-state index contributed by atoms with van der Waals surface area (Å²) in [6.07, 6.45) is -2.92. The first-order chi connectivity index (χ1) is 8.53. The van der Waals surface area contributed by atoms with Gasteiger partial charge in [0.25, 0.3) is 6.43 Å². The number of benzene rings is 1. The summed E-state index contributed by atoms with van der Waals surface area (Å²) in [4.78, 5) is 11.2. The molecule has 6 heteroatoms.